The average Bonchev–Trinajstić information content (AvgIpc) is 3.15. The van der Waals surface area contributed by atoms with Gasteiger partial charge < -0.3 is 14.8 Å². The fourth-order valence-corrected chi connectivity index (χ4v) is 3.31. The van der Waals surface area contributed by atoms with Gasteiger partial charge in [-0.1, -0.05) is 0 Å². The molecular formula is C19H19F2N5O3. The number of benzene rings is 1. The molecule has 1 fully saturated rings. The molecule has 8 nitrogen and oxygen atoms in total. The Hall–Kier alpha value is -3.30. The quantitative estimate of drug-likeness (QED) is 0.679. The molecule has 1 aliphatic rings. The van der Waals surface area contributed by atoms with Crippen molar-refractivity contribution in [1.29, 1.82) is 0 Å². The molecule has 0 spiro atoms. The molecule has 1 saturated carbocycles. The van der Waals surface area contributed by atoms with Gasteiger partial charge >= 0.3 is 0 Å². The zero-order valence-corrected chi connectivity index (χ0v) is 15.4. The second kappa shape index (κ2) is 8.38. The van der Waals surface area contributed by atoms with Gasteiger partial charge in [0.2, 0.25) is 5.88 Å². The van der Waals surface area contributed by atoms with Gasteiger partial charge in [-0.05, 0) is 31.7 Å². The van der Waals surface area contributed by atoms with Crippen molar-refractivity contribution in [2.75, 3.05) is 6.61 Å². The number of aromatic nitrogens is 4. The lowest BCUT2D eigenvalue weighted by atomic mass is 9.93. The third-order valence-electron chi connectivity index (χ3n) is 4.67. The number of nitrogens with zero attached hydrogens (tertiary/aromatic N) is 4. The van der Waals surface area contributed by atoms with E-state index in [0.717, 1.165) is 6.07 Å². The number of fused-ring (bicyclic) bond motifs is 1. The smallest absolute Gasteiger partial charge is 0.258 e. The summed E-state index contributed by atoms with van der Waals surface area (Å²) in [4.78, 5) is 12.1. The topological polar surface area (TPSA) is 90.6 Å². The zero-order valence-electron chi connectivity index (χ0n) is 15.4. The Labute approximate surface area is 164 Å². The van der Waals surface area contributed by atoms with E-state index >= 15 is 0 Å². The summed E-state index contributed by atoms with van der Waals surface area (Å²) in [5.41, 5.74) is 0.585. The van der Waals surface area contributed by atoms with E-state index in [9.17, 15) is 13.6 Å². The third-order valence-corrected chi connectivity index (χ3v) is 4.67. The van der Waals surface area contributed by atoms with Crippen molar-refractivity contribution < 1.29 is 23.0 Å². The first-order valence-electron chi connectivity index (χ1n) is 9.27. The largest absolute Gasteiger partial charge is 0.490 e. The van der Waals surface area contributed by atoms with Crippen molar-refractivity contribution in [2.24, 2.45) is 0 Å². The summed E-state index contributed by atoms with van der Waals surface area (Å²) in [5, 5.41) is 14.6. The monoisotopic (exact) mass is 403 g/mol. The van der Waals surface area contributed by atoms with E-state index in [2.05, 4.69) is 20.6 Å². The van der Waals surface area contributed by atoms with E-state index in [1.807, 2.05) is 0 Å². The summed E-state index contributed by atoms with van der Waals surface area (Å²) in [6.07, 6.45) is 4.07. The van der Waals surface area contributed by atoms with Gasteiger partial charge in [0, 0.05) is 30.3 Å². The van der Waals surface area contributed by atoms with Crippen molar-refractivity contribution in [3.63, 3.8) is 0 Å². The number of hydrogen-bond acceptors (Lipinski definition) is 6. The molecule has 0 saturated heterocycles. The van der Waals surface area contributed by atoms with Gasteiger partial charge in [-0.3, -0.25) is 4.79 Å². The first-order valence-corrected chi connectivity index (χ1v) is 9.27. The predicted octanol–water partition coefficient (Wildman–Crippen LogP) is 2.29. The molecule has 0 bridgehead atoms. The molecule has 152 valence electrons. The van der Waals surface area contributed by atoms with Crippen LogP contribution in [0.1, 0.15) is 25.7 Å². The van der Waals surface area contributed by atoms with E-state index in [-0.39, 0.29) is 30.4 Å². The van der Waals surface area contributed by atoms with Crippen LogP contribution in [0.4, 0.5) is 8.78 Å². The van der Waals surface area contributed by atoms with Crippen LogP contribution in [0.3, 0.4) is 0 Å². The minimum absolute atomic E-state index is 0.00323. The number of carbonyl (C=O) groups is 1. The molecule has 0 aliphatic heterocycles. The number of halogens is 2. The number of ether oxygens (including phenoxy) is 2. The maximum atomic E-state index is 13.3. The van der Waals surface area contributed by atoms with Gasteiger partial charge in [0.25, 0.3) is 5.91 Å². The van der Waals surface area contributed by atoms with E-state index in [1.54, 1.807) is 12.1 Å². The molecule has 1 aromatic carbocycles. The molecule has 0 unspecified atom stereocenters. The number of rotatable bonds is 6. The van der Waals surface area contributed by atoms with Crippen molar-refractivity contribution in [3.05, 3.63) is 48.3 Å². The Balaban J connectivity index is 1.21. The lowest BCUT2D eigenvalue weighted by molar-refractivity contribution is -0.124. The van der Waals surface area contributed by atoms with Crippen LogP contribution >= 0.6 is 0 Å². The van der Waals surface area contributed by atoms with Gasteiger partial charge in [0.1, 0.15) is 23.7 Å². The van der Waals surface area contributed by atoms with Gasteiger partial charge in [0.05, 0.1) is 6.10 Å². The lowest BCUT2D eigenvalue weighted by Gasteiger charge is -2.29. The Bertz CT molecular complexity index is 984. The summed E-state index contributed by atoms with van der Waals surface area (Å²) >= 11 is 0. The number of carbonyl (C=O) groups excluding carboxylic acids is 1. The fourth-order valence-electron chi connectivity index (χ4n) is 3.31. The normalized spacial score (nSPS) is 19.1. The molecule has 1 N–H and O–H groups in total. The fraction of sp³-hybridized carbons (Fsp3) is 0.368. The standard InChI is InChI=1S/C19H19F2N5O3/c20-12-7-13(21)9-16(8-12)29-15-3-1-14(2-4-15)23-18(27)10-28-19-6-5-17-24-22-11-26(17)25-19/h5-9,11,14-15H,1-4,10H2,(H,23,27). The predicted molar refractivity (Wildman–Crippen MR) is 97.4 cm³/mol. The number of hydrogen-bond donors (Lipinski definition) is 1. The van der Waals surface area contributed by atoms with Gasteiger partial charge in [-0.15, -0.1) is 15.3 Å². The second-order valence-electron chi connectivity index (χ2n) is 6.86. The first-order chi connectivity index (χ1) is 14.0. The van der Waals surface area contributed by atoms with Crippen LogP contribution < -0.4 is 14.8 Å². The molecule has 29 heavy (non-hydrogen) atoms. The molecule has 3 aromatic rings. The van der Waals surface area contributed by atoms with Crippen molar-refractivity contribution in [3.8, 4) is 11.6 Å². The summed E-state index contributed by atoms with van der Waals surface area (Å²) in [7, 11) is 0. The summed E-state index contributed by atoms with van der Waals surface area (Å²) in [6.45, 7) is -0.153. The first kappa shape index (κ1) is 19.0. The maximum absolute atomic E-state index is 13.3. The van der Waals surface area contributed by atoms with E-state index in [4.69, 9.17) is 9.47 Å². The Morgan fingerprint density at radius 2 is 1.90 bits per heavy atom. The van der Waals surface area contributed by atoms with Crippen molar-refractivity contribution in [1.82, 2.24) is 25.1 Å². The zero-order chi connectivity index (χ0) is 20.2. The molecule has 4 rings (SSSR count). The SMILES string of the molecule is O=C(COc1ccc2nncn2n1)NC1CCC(Oc2cc(F)cc(F)c2)CC1. The van der Waals surface area contributed by atoms with Crippen LogP contribution in [-0.2, 0) is 4.79 Å². The van der Waals surface area contributed by atoms with Gasteiger partial charge in [-0.25, -0.2) is 8.78 Å². The van der Waals surface area contributed by atoms with Crippen LogP contribution in [-0.4, -0.2) is 44.5 Å². The van der Waals surface area contributed by atoms with Crippen LogP contribution in [0.25, 0.3) is 5.65 Å². The highest BCUT2D eigenvalue weighted by Gasteiger charge is 2.24. The molecular weight excluding hydrogens is 384 g/mol. The Morgan fingerprint density at radius 1 is 1.14 bits per heavy atom. The maximum Gasteiger partial charge on any atom is 0.258 e. The van der Waals surface area contributed by atoms with Crippen LogP contribution in [0.2, 0.25) is 0 Å². The summed E-state index contributed by atoms with van der Waals surface area (Å²) < 4.78 is 39.0. The molecule has 0 radical (unpaired) electrons. The summed E-state index contributed by atoms with van der Waals surface area (Å²) in [5.74, 6) is -1.10. The summed E-state index contributed by atoms with van der Waals surface area (Å²) in [6, 6.07) is 6.46. The molecule has 1 aliphatic carbocycles. The van der Waals surface area contributed by atoms with Crippen molar-refractivity contribution in [2.45, 2.75) is 37.8 Å². The molecule has 2 heterocycles. The minimum atomic E-state index is -0.668. The van der Waals surface area contributed by atoms with Crippen molar-refractivity contribution >= 4 is 11.6 Å². The molecule has 0 atom stereocenters. The Morgan fingerprint density at radius 3 is 2.66 bits per heavy atom. The number of nitrogens with one attached hydrogen (secondary N) is 1. The third kappa shape index (κ3) is 4.95. The van der Waals surface area contributed by atoms with Crippen LogP contribution in [0.5, 0.6) is 11.6 Å². The second-order valence-corrected chi connectivity index (χ2v) is 6.86. The molecule has 10 heteroatoms. The minimum Gasteiger partial charge on any atom is -0.490 e. The average molecular weight is 403 g/mol. The number of amides is 1. The molecule has 1 amide bonds. The molecule has 2 aromatic heterocycles. The highest BCUT2D eigenvalue weighted by molar-refractivity contribution is 5.77. The highest BCUT2D eigenvalue weighted by Crippen LogP contribution is 2.25. The lowest BCUT2D eigenvalue weighted by Crippen LogP contribution is -2.41. The van der Waals surface area contributed by atoms with Gasteiger partial charge in [0.15, 0.2) is 12.3 Å². The van der Waals surface area contributed by atoms with Crippen LogP contribution in [0.15, 0.2) is 36.7 Å². The van der Waals surface area contributed by atoms with E-state index in [0.29, 0.717) is 37.2 Å². The van der Waals surface area contributed by atoms with E-state index < -0.39 is 11.6 Å². The van der Waals surface area contributed by atoms with Crippen LogP contribution in [0, 0.1) is 11.6 Å². The van der Waals surface area contributed by atoms with E-state index in [1.165, 1.54) is 23.0 Å². The Kier molecular flexibility index (Phi) is 5.50. The highest BCUT2D eigenvalue weighted by atomic mass is 19.1. The van der Waals surface area contributed by atoms with Gasteiger partial charge in [-0.2, -0.15) is 4.52 Å².